The molecule has 2 aromatic rings. The minimum absolute atomic E-state index is 0.125. The van der Waals surface area contributed by atoms with Crippen molar-refractivity contribution in [3.05, 3.63) is 69.2 Å². The predicted molar refractivity (Wildman–Crippen MR) is 122 cm³/mol. The number of fused-ring (bicyclic) bond motifs is 1. The van der Waals surface area contributed by atoms with Crippen molar-refractivity contribution in [2.75, 3.05) is 0 Å². The molecule has 7 nitrogen and oxygen atoms in total. The molecule has 2 heterocycles. The number of nitrogens with one attached hydrogen (secondary N) is 2. The molecule has 2 aliphatic heterocycles. The highest BCUT2D eigenvalue weighted by atomic mass is 35.5. The monoisotopic (exact) mass is 487 g/mol. The number of halogens is 3. The Balaban J connectivity index is 1.48. The summed E-state index contributed by atoms with van der Waals surface area (Å²) < 4.78 is 29.5. The van der Waals surface area contributed by atoms with E-state index in [1.807, 2.05) is 0 Å². The van der Waals surface area contributed by atoms with Crippen LogP contribution in [0, 0.1) is 6.92 Å². The van der Waals surface area contributed by atoms with Crippen LogP contribution in [0.3, 0.4) is 0 Å². The predicted octanol–water partition coefficient (Wildman–Crippen LogP) is 1.78. The lowest BCUT2D eigenvalue weighted by Crippen LogP contribution is -2.63. The Labute approximate surface area is 200 Å². The fourth-order valence-electron chi connectivity index (χ4n) is 4.30. The van der Waals surface area contributed by atoms with E-state index < -0.39 is 28.7 Å². The van der Waals surface area contributed by atoms with Crippen LogP contribution < -0.4 is 10.6 Å². The molecule has 1 unspecified atom stereocenters. The summed E-state index contributed by atoms with van der Waals surface area (Å²) in [5, 5.41) is 4.66. The first-order valence-electron chi connectivity index (χ1n) is 10.6. The summed E-state index contributed by atoms with van der Waals surface area (Å²) in [5.41, 5.74) is 0.0114. The number of benzene rings is 2. The van der Waals surface area contributed by atoms with Crippen LogP contribution in [0.2, 0.25) is 5.02 Å². The minimum atomic E-state index is -3.78. The molecule has 4 rings (SSSR count). The largest absolute Gasteiger partial charge is 0.350 e. The van der Waals surface area contributed by atoms with Crippen molar-refractivity contribution in [1.82, 2.24) is 15.5 Å². The Bertz CT molecular complexity index is 1240. The van der Waals surface area contributed by atoms with Gasteiger partial charge in [-0.25, -0.2) is 0 Å². The molecule has 34 heavy (non-hydrogen) atoms. The highest BCUT2D eigenvalue weighted by Crippen LogP contribution is 2.35. The molecule has 1 atom stereocenters. The van der Waals surface area contributed by atoms with Gasteiger partial charge in [0, 0.05) is 35.7 Å². The summed E-state index contributed by atoms with van der Waals surface area (Å²) in [5.74, 6) is -6.50. The summed E-state index contributed by atoms with van der Waals surface area (Å²) in [6.45, 7) is 1.37. The lowest BCUT2D eigenvalue weighted by Gasteiger charge is -2.39. The molecule has 0 radical (unpaired) electrons. The molecule has 176 valence electrons. The van der Waals surface area contributed by atoms with Gasteiger partial charge in [-0.2, -0.15) is 8.78 Å². The number of piperidine rings is 1. The summed E-state index contributed by atoms with van der Waals surface area (Å²) in [6.07, 6.45) is 0.332. The van der Waals surface area contributed by atoms with Gasteiger partial charge in [-0.3, -0.25) is 24.5 Å². The quantitative estimate of drug-likeness (QED) is 0.496. The Kier molecular flexibility index (Phi) is 5.97. The zero-order chi connectivity index (χ0) is 24.8. The van der Waals surface area contributed by atoms with Gasteiger partial charge in [0.25, 0.3) is 11.8 Å². The maximum atomic E-state index is 14.7. The SMILES string of the molecule is BC1(N2Cc3cc(CNC(=O)C(F)(F)c4cccc(Cl)c4C)ccc3C2=O)CCC(=O)NC1=O. The highest BCUT2D eigenvalue weighted by molar-refractivity contribution is 6.32. The van der Waals surface area contributed by atoms with Gasteiger partial charge in [-0.05, 0) is 42.2 Å². The standard InChI is InChI=1S/C23H21BClF2N3O4/c1-12-16(3-2-4-17(12)25)23(26,27)21(34)28-10-13-5-6-15-14(9-13)11-30(19(15)32)22(24)8-7-18(31)29-20(22)33/h2-6,9H,7-8,10-11,24H2,1H3,(H,28,34)(H,29,31,33). The first-order valence-corrected chi connectivity index (χ1v) is 11.0. The van der Waals surface area contributed by atoms with E-state index in [9.17, 15) is 28.0 Å². The molecule has 0 aliphatic carbocycles. The zero-order valence-corrected chi connectivity index (χ0v) is 19.3. The number of nitrogens with zero attached hydrogens (tertiary/aromatic N) is 1. The fraction of sp³-hybridized carbons (Fsp3) is 0.304. The number of amides is 4. The van der Waals surface area contributed by atoms with E-state index in [0.29, 0.717) is 16.7 Å². The maximum Gasteiger partial charge on any atom is 0.350 e. The van der Waals surface area contributed by atoms with E-state index in [1.54, 1.807) is 26.0 Å². The maximum absolute atomic E-state index is 14.7. The summed E-state index contributed by atoms with van der Waals surface area (Å²) in [7, 11) is 1.61. The van der Waals surface area contributed by atoms with Crippen LogP contribution in [0.5, 0.6) is 0 Å². The van der Waals surface area contributed by atoms with Crippen molar-refractivity contribution in [2.24, 2.45) is 0 Å². The Hall–Kier alpha value is -3.27. The number of alkyl halides is 2. The number of hydrogen-bond acceptors (Lipinski definition) is 4. The third kappa shape index (κ3) is 3.96. The fourth-order valence-corrected chi connectivity index (χ4v) is 4.47. The lowest BCUT2D eigenvalue weighted by atomic mass is 9.70. The Morgan fingerprint density at radius 2 is 2.00 bits per heavy atom. The average molecular weight is 488 g/mol. The van der Waals surface area contributed by atoms with Crippen LogP contribution in [-0.4, -0.2) is 41.8 Å². The molecule has 1 saturated heterocycles. The van der Waals surface area contributed by atoms with Crippen LogP contribution in [0.25, 0.3) is 0 Å². The number of rotatable bonds is 5. The molecule has 4 amide bonds. The number of carbonyl (C=O) groups is 4. The van der Waals surface area contributed by atoms with Crippen LogP contribution in [-0.2, 0) is 33.4 Å². The molecular weight excluding hydrogens is 467 g/mol. The second kappa shape index (κ2) is 8.50. The molecule has 0 spiro atoms. The summed E-state index contributed by atoms with van der Waals surface area (Å²) >= 11 is 5.92. The van der Waals surface area contributed by atoms with Crippen molar-refractivity contribution >= 4 is 43.1 Å². The van der Waals surface area contributed by atoms with E-state index in [-0.39, 0.29) is 48.3 Å². The van der Waals surface area contributed by atoms with Gasteiger partial charge >= 0.3 is 5.92 Å². The molecule has 0 bridgehead atoms. The molecule has 1 fully saturated rings. The topological polar surface area (TPSA) is 95.6 Å². The van der Waals surface area contributed by atoms with E-state index in [0.717, 1.165) is 6.07 Å². The van der Waals surface area contributed by atoms with Crippen molar-refractivity contribution in [3.63, 3.8) is 0 Å². The van der Waals surface area contributed by atoms with Gasteiger partial charge in [-0.1, -0.05) is 35.9 Å². The van der Waals surface area contributed by atoms with Crippen LogP contribution >= 0.6 is 11.6 Å². The Morgan fingerprint density at radius 1 is 1.26 bits per heavy atom. The average Bonchev–Trinajstić information content (AvgIpc) is 3.13. The van der Waals surface area contributed by atoms with Gasteiger partial charge in [0.2, 0.25) is 11.8 Å². The van der Waals surface area contributed by atoms with Crippen molar-refractivity contribution < 1.29 is 28.0 Å². The van der Waals surface area contributed by atoms with E-state index >= 15 is 0 Å². The zero-order valence-electron chi connectivity index (χ0n) is 18.5. The van der Waals surface area contributed by atoms with Gasteiger partial charge in [0.1, 0.15) is 7.85 Å². The number of carbonyl (C=O) groups excluding carboxylic acids is 4. The number of hydrogen-bond donors (Lipinski definition) is 2. The highest BCUT2D eigenvalue weighted by Gasteiger charge is 2.48. The molecule has 2 aromatic carbocycles. The minimum Gasteiger partial charge on any atom is -0.346 e. The van der Waals surface area contributed by atoms with Crippen molar-refractivity contribution in [1.29, 1.82) is 0 Å². The Morgan fingerprint density at radius 3 is 2.71 bits per heavy atom. The van der Waals surface area contributed by atoms with Crippen LogP contribution in [0.15, 0.2) is 36.4 Å². The molecule has 2 aliphatic rings. The van der Waals surface area contributed by atoms with Crippen molar-refractivity contribution in [3.8, 4) is 0 Å². The smallest absolute Gasteiger partial charge is 0.346 e. The van der Waals surface area contributed by atoms with Gasteiger partial charge < -0.3 is 10.2 Å². The summed E-state index contributed by atoms with van der Waals surface area (Å²) in [4.78, 5) is 50.6. The van der Waals surface area contributed by atoms with E-state index in [4.69, 9.17) is 11.6 Å². The second-order valence-corrected chi connectivity index (χ2v) is 9.11. The molecule has 11 heteroatoms. The van der Waals surface area contributed by atoms with Crippen molar-refractivity contribution in [2.45, 2.75) is 44.2 Å². The van der Waals surface area contributed by atoms with Gasteiger partial charge in [-0.15, -0.1) is 0 Å². The van der Waals surface area contributed by atoms with Crippen LogP contribution in [0.4, 0.5) is 8.78 Å². The second-order valence-electron chi connectivity index (χ2n) is 8.70. The van der Waals surface area contributed by atoms with E-state index in [2.05, 4.69) is 10.6 Å². The normalized spacial score (nSPS) is 20.2. The molecule has 0 saturated carbocycles. The first-order chi connectivity index (χ1) is 15.9. The third-order valence-electron chi connectivity index (χ3n) is 6.49. The molecule has 2 N–H and O–H groups in total. The van der Waals surface area contributed by atoms with Crippen LogP contribution in [0.1, 0.15) is 45.5 Å². The molecular formula is C23H21BClF2N3O4. The van der Waals surface area contributed by atoms with E-state index in [1.165, 1.54) is 24.0 Å². The number of imide groups is 1. The lowest BCUT2D eigenvalue weighted by molar-refractivity contribution is -0.147. The van der Waals surface area contributed by atoms with Gasteiger partial charge in [0.15, 0.2) is 0 Å². The first kappa shape index (κ1) is 23.9. The van der Waals surface area contributed by atoms with Gasteiger partial charge in [0.05, 0.1) is 5.44 Å². The molecule has 0 aromatic heterocycles. The third-order valence-corrected chi connectivity index (χ3v) is 6.90. The summed E-state index contributed by atoms with van der Waals surface area (Å²) in [6, 6.07) is 8.75.